The molecule has 0 amide bonds. The van der Waals surface area contributed by atoms with Crippen LogP contribution in [0.2, 0.25) is 5.15 Å². The number of allylic oxidation sites excluding steroid dienone is 2. The quantitative estimate of drug-likeness (QED) is 0.376. The summed E-state index contributed by atoms with van der Waals surface area (Å²) in [7, 11) is 0. The molecule has 5 rings (SSSR count). The molecule has 1 aliphatic rings. The van der Waals surface area contributed by atoms with Crippen LogP contribution in [0.4, 0.5) is 0 Å². The number of para-hydroxylation sites is 1. The van der Waals surface area contributed by atoms with Crippen molar-refractivity contribution >= 4 is 34.6 Å². The summed E-state index contributed by atoms with van der Waals surface area (Å²) in [5.74, 6) is 0.919. The largest absolute Gasteiger partial charge is 0.459 e. The van der Waals surface area contributed by atoms with Crippen molar-refractivity contribution in [2.75, 3.05) is 0 Å². The van der Waals surface area contributed by atoms with Crippen molar-refractivity contribution in [2.45, 2.75) is 12.5 Å². The number of benzene rings is 2. The smallest absolute Gasteiger partial charge is 0.165 e. The van der Waals surface area contributed by atoms with E-state index >= 15 is 0 Å². The fourth-order valence-corrected chi connectivity index (χ4v) is 3.86. The van der Waals surface area contributed by atoms with Crippen LogP contribution in [0.3, 0.4) is 0 Å². The molecule has 0 fully saturated rings. The number of rotatable bonds is 4. The highest BCUT2D eigenvalue weighted by Crippen LogP contribution is 2.43. The van der Waals surface area contributed by atoms with Crippen molar-refractivity contribution in [1.29, 1.82) is 0 Å². The standard InChI is InChI=1S/C22H15ClN4O2/c23-21-20-22(25-12-24-21)27(13-26-20)10-18-19(14-6-2-1-3-7-14)16(11-28)15-8-4-5-9-17(15)29-18/h1-9,11-13,16H,10H2. The summed E-state index contributed by atoms with van der Waals surface area (Å²) in [5, 5.41) is 0.298. The lowest BCUT2D eigenvalue weighted by atomic mass is 9.84. The first-order valence-corrected chi connectivity index (χ1v) is 9.46. The predicted molar refractivity (Wildman–Crippen MR) is 110 cm³/mol. The van der Waals surface area contributed by atoms with E-state index in [1.807, 2.05) is 59.2 Å². The van der Waals surface area contributed by atoms with Gasteiger partial charge in [0.15, 0.2) is 10.8 Å². The SMILES string of the molecule is O=CC1C(c2ccccc2)=C(Cn2cnc3c(Cl)ncnc32)Oc2ccccc21. The maximum atomic E-state index is 12.2. The van der Waals surface area contributed by atoms with E-state index in [2.05, 4.69) is 15.0 Å². The van der Waals surface area contributed by atoms with Crippen molar-refractivity contribution in [3.8, 4) is 5.75 Å². The van der Waals surface area contributed by atoms with Gasteiger partial charge in [0.1, 0.15) is 29.6 Å². The van der Waals surface area contributed by atoms with E-state index in [1.165, 1.54) is 6.33 Å². The van der Waals surface area contributed by atoms with Crippen molar-refractivity contribution in [3.63, 3.8) is 0 Å². The fourth-order valence-electron chi connectivity index (χ4n) is 3.69. The van der Waals surface area contributed by atoms with E-state index in [-0.39, 0.29) is 0 Å². The van der Waals surface area contributed by atoms with Crippen molar-refractivity contribution in [2.24, 2.45) is 0 Å². The third-order valence-corrected chi connectivity index (χ3v) is 5.27. The normalized spacial score (nSPS) is 15.8. The van der Waals surface area contributed by atoms with Gasteiger partial charge in [-0.1, -0.05) is 60.1 Å². The molecule has 0 spiro atoms. The molecule has 0 N–H and O–H groups in total. The molecule has 1 aliphatic heterocycles. The van der Waals surface area contributed by atoms with Crippen LogP contribution in [0, 0.1) is 0 Å². The molecule has 0 radical (unpaired) electrons. The Bertz CT molecular complexity index is 1250. The second kappa shape index (κ2) is 7.14. The minimum atomic E-state index is -0.426. The Kier molecular flexibility index (Phi) is 4.33. The third-order valence-electron chi connectivity index (χ3n) is 4.99. The number of hydrogen-bond donors (Lipinski definition) is 0. The van der Waals surface area contributed by atoms with E-state index in [1.54, 1.807) is 6.33 Å². The van der Waals surface area contributed by atoms with Gasteiger partial charge in [-0.3, -0.25) is 0 Å². The number of ether oxygens (including phenoxy) is 1. The number of hydrogen-bond acceptors (Lipinski definition) is 5. The molecule has 29 heavy (non-hydrogen) atoms. The van der Waals surface area contributed by atoms with Gasteiger partial charge in [-0.05, 0) is 11.6 Å². The highest BCUT2D eigenvalue weighted by Gasteiger charge is 2.30. The average Bonchev–Trinajstić information content (AvgIpc) is 3.17. The summed E-state index contributed by atoms with van der Waals surface area (Å²) in [4.78, 5) is 24.8. The molecule has 0 saturated carbocycles. The predicted octanol–water partition coefficient (Wildman–Crippen LogP) is 4.27. The minimum Gasteiger partial charge on any atom is -0.459 e. The van der Waals surface area contributed by atoms with Crippen molar-refractivity contribution in [1.82, 2.24) is 19.5 Å². The van der Waals surface area contributed by atoms with Crippen LogP contribution in [-0.2, 0) is 11.3 Å². The van der Waals surface area contributed by atoms with Gasteiger partial charge in [0, 0.05) is 11.1 Å². The summed E-state index contributed by atoms with van der Waals surface area (Å²) >= 11 is 6.13. The molecule has 142 valence electrons. The molecule has 0 saturated heterocycles. The highest BCUT2D eigenvalue weighted by molar-refractivity contribution is 6.33. The number of carbonyl (C=O) groups is 1. The summed E-state index contributed by atoms with van der Waals surface area (Å²) in [6.07, 6.45) is 4.02. The molecule has 0 bridgehead atoms. The number of carbonyl (C=O) groups excluding carboxylic acids is 1. The fraction of sp³-hybridized carbons (Fsp3) is 0.0909. The van der Waals surface area contributed by atoms with Gasteiger partial charge in [0.05, 0.1) is 18.8 Å². The summed E-state index contributed by atoms with van der Waals surface area (Å²) in [5.41, 5.74) is 3.76. The van der Waals surface area contributed by atoms with Gasteiger partial charge in [-0.15, -0.1) is 0 Å². The van der Waals surface area contributed by atoms with E-state index in [0.717, 1.165) is 23.0 Å². The number of aldehydes is 1. The van der Waals surface area contributed by atoms with E-state index < -0.39 is 5.92 Å². The molecule has 6 nitrogen and oxygen atoms in total. The first-order valence-electron chi connectivity index (χ1n) is 9.08. The molecule has 2 aromatic carbocycles. The van der Waals surface area contributed by atoms with Crippen LogP contribution in [0.25, 0.3) is 16.7 Å². The van der Waals surface area contributed by atoms with E-state index in [4.69, 9.17) is 16.3 Å². The molecular formula is C22H15ClN4O2. The zero-order valence-electron chi connectivity index (χ0n) is 15.2. The van der Waals surface area contributed by atoms with E-state index in [9.17, 15) is 4.79 Å². The first kappa shape index (κ1) is 17.6. The molecule has 7 heteroatoms. The lowest BCUT2D eigenvalue weighted by Crippen LogP contribution is -2.19. The second-order valence-corrected chi connectivity index (χ2v) is 7.02. The van der Waals surface area contributed by atoms with Gasteiger partial charge in [0.2, 0.25) is 0 Å². The zero-order valence-corrected chi connectivity index (χ0v) is 16.0. The molecule has 2 aromatic heterocycles. The lowest BCUT2D eigenvalue weighted by Gasteiger charge is -2.28. The lowest BCUT2D eigenvalue weighted by molar-refractivity contribution is -0.108. The van der Waals surface area contributed by atoms with Gasteiger partial charge in [0.25, 0.3) is 0 Å². The van der Waals surface area contributed by atoms with Crippen LogP contribution in [-0.4, -0.2) is 25.8 Å². The summed E-state index contributed by atoms with van der Waals surface area (Å²) in [6.45, 7) is 0.354. The molecule has 0 aliphatic carbocycles. The zero-order chi connectivity index (χ0) is 19.8. The van der Waals surface area contributed by atoms with Gasteiger partial charge >= 0.3 is 0 Å². The van der Waals surface area contributed by atoms with Crippen LogP contribution in [0.5, 0.6) is 5.75 Å². The Hall–Kier alpha value is -3.51. The Morgan fingerprint density at radius 3 is 2.66 bits per heavy atom. The van der Waals surface area contributed by atoms with Crippen LogP contribution < -0.4 is 4.74 Å². The van der Waals surface area contributed by atoms with Crippen LogP contribution in [0.1, 0.15) is 17.0 Å². The van der Waals surface area contributed by atoms with Crippen molar-refractivity contribution < 1.29 is 9.53 Å². The number of nitrogens with zero attached hydrogens (tertiary/aromatic N) is 4. The minimum absolute atomic E-state index is 0.298. The van der Waals surface area contributed by atoms with Gasteiger partial charge < -0.3 is 14.1 Å². The number of imidazole rings is 1. The monoisotopic (exact) mass is 402 g/mol. The van der Waals surface area contributed by atoms with Gasteiger partial charge in [-0.2, -0.15) is 0 Å². The molecule has 4 aromatic rings. The Balaban J connectivity index is 1.69. The Morgan fingerprint density at radius 1 is 1.03 bits per heavy atom. The third kappa shape index (κ3) is 2.98. The van der Waals surface area contributed by atoms with Gasteiger partial charge in [-0.25, -0.2) is 15.0 Å². The van der Waals surface area contributed by atoms with E-state index in [0.29, 0.717) is 34.4 Å². The molecule has 1 unspecified atom stereocenters. The summed E-state index contributed by atoms with van der Waals surface area (Å²) in [6, 6.07) is 17.4. The Labute approximate surface area is 171 Å². The Morgan fingerprint density at radius 2 is 1.83 bits per heavy atom. The molecular weight excluding hydrogens is 388 g/mol. The average molecular weight is 403 g/mol. The number of fused-ring (bicyclic) bond motifs is 2. The topological polar surface area (TPSA) is 69.9 Å². The maximum absolute atomic E-state index is 12.2. The maximum Gasteiger partial charge on any atom is 0.165 e. The molecule has 1 atom stereocenters. The second-order valence-electron chi connectivity index (χ2n) is 6.67. The number of aromatic nitrogens is 4. The number of halogens is 1. The van der Waals surface area contributed by atoms with Crippen molar-refractivity contribution in [3.05, 3.63) is 89.3 Å². The highest BCUT2D eigenvalue weighted by atomic mass is 35.5. The summed E-state index contributed by atoms with van der Waals surface area (Å²) < 4.78 is 8.12. The molecule has 3 heterocycles. The van der Waals surface area contributed by atoms with Crippen LogP contribution >= 0.6 is 11.6 Å². The first-order chi connectivity index (χ1) is 14.3. The van der Waals surface area contributed by atoms with Crippen LogP contribution in [0.15, 0.2) is 73.0 Å².